The molecule has 1 aromatic heterocycles. The van der Waals surface area contributed by atoms with E-state index in [4.69, 9.17) is 9.50 Å². The van der Waals surface area contributed by atoms with Gasteiger partial charge in [-0.15, -0.1) is 0 Å². The van der Waals surface area contributed by atoms with Gasteiger partial charge in [0.2, 0.25) is 0 Å². The number of hydrogen-bond donors (Lipinski definition) is 2. The molecule has 106 valence electrons. The maximum absolute atomic E-state index is 6.46. The third-order valence-corrected chi connectivity index (χ3v) is 6.60. The molecule has 2 fully saturated rings. The second kappa shape index (κ2) is 5.01. The zero-order valence-electron chi connectivity index (χ0n) is 11.6. The molecular weight excluding hydrogens is 266 g/mol. The molecule has 2 aliphatic carbocycles. The molecule has 4 heteroatoms. The maximum atomic E-state index is 6.46. The van der Waals surface area contributed by atoms with Gasteiger partial charge in [-0.2, -0.15) is 0 Å². The van der Waals surface area contributed by atoms with E-state index in [0.717, 1.165) is 23.0 Å². The van der Waals surface area contributed by atoms with Crippen LogP contribution in [0.15, 0.2) is 34.8 Å². The van der Waals surface area contributed by atoms with Gasteiger partial charge >= 0.3 is 0 Å². The van der Waals surface area contributed by atoms with Crippen molar-refractivity contribution in [3.05, 3.63) is 30.5 Å². The highest BCUT2D eigenvalue weighted by atomic mass is 32.2. The Hall–Kier alpha value is -1.13. The first-order chi connectivity index (χ1) is 9.81. The quantitative estimate of drug-likeness (QED) is 0.860. The minimum atomic E-state index is -0.336. The molecule has 4 rings (SSSR count). The predicted molar refractivity (Wildman–Crippen MR) is 85.8 cm³/mol. The number of aromatic nitrogens is 1. The van der Waals surface area contributed by atoms with Crippen LogP contribution < -0.4 is 5.14 Å². The number of H-pyrrole nitrogens is 1. The molecule has 20 heavy (non-hydrogen) atoms. The third-order valence-electron chi connectivity index (χ3n) is 5.00. The smallest absolute Gasteiger partial charge is 0.0970 e. The van der Waals surface area contributed by atoms with Crippen LogP contribution in [0.3, 0.4) is 0 Å². The molecule has 4 unspecified atom stereocenters. The Morgan fingerprint density at radius 1 is 1.20 bits per heavy atom. The largest absolute Gasteiger partial charge is 0.359 e. The zero-order valence-corrected chi connectivity index (χ0v) is 12.4. The lowest BCUT2D eigenvalue weighted by Crippen LogP contribution is -2.25. The Labute approximate surface area is 122 Å². The van der Waals surface area contributed by atoms with Crippen LogP contribution >= 0.6 is 0 Å². The fourth-order valence-electron chi connectivity index (χ4n) is 4.01. The van der Waals surface area contributed by atoms with Crippen molar-refractivity contribution >= 4 is 27.5 Å². The molecule has 1 heterocycles. The normalized spacial score (nSPS) is 30.9. The van der Waals surface area contributed by atoms with Crippen molar-refractivity contribution < 1.29 is 0 Å². The number of benzene rings is 1. The number of aromatic amines is 1. The minimum absolute atomic E-state index is 0.336. The monoisotopic (exact) mass is 287 g/mol. The summed E-state index contributed by atoms with van der Waals surface area (Å²) in [6.45, 7) is 0. The summed E-state index contributed by atoms with van der Waals surface area (Å²) in [6, 6.07) is 8.32. The average molecular weight is 287 g/mol. The van der Waals surface area contributed by atoms with Gasteiger partial charge in [-0.1, -0.05) is 31.0 Å². The second-order valence-electron chi connectivity index (χ2n) is 6.22. The molecule has 2 aliphatic rings. The van der Waals surface area contributed by atoms with Gasteiger partial charge in [0.05, 0.1) is 5.69 Å². The fraction of sp³-hybridized carbons (Fsp3) is 0.500. The van der Waals surface area contributed by atoms with Crippen molar-refractivity contribution in [3.8, 4) is 0 Å². The minimum Gasteiger partial charge on any atom is -0.359 e. The van der Waals surface area contributed by atoms with Crippen molar-refractivity contribution in [1.29, 1.82) is 0 Å². The van der Waals surface area contributed by atoms with Crippen LogP contribution in [-0.4, -0.2) is 10.2 Å². The van der Waals surface area contributed by atoms with Crippen LogP contribution in [0.4, 0.5) is 5.69 Å². The Kier molecular flexibility index (Phi) is 3.15. The van der Waals surface area contributed by atoms with Gasteiger partial charge in [0.25, 0.3) is 0 Å². The summed E-state index contributed by atoms with van der Waals surface area (Å²) in [5.74, 6) is 1.76. The summed E-state index contributed by atoms with van der Waals surface area (Å²) < 4.78 is 4.86. The van der Waals surface area contributed by atoms with Gasteiger partial charge in [-0.3, -0.25) is 5.14 Å². The van der Waals surface area contributed by atoms with E-state index in [0.29, 0.717) is 5.25 Å². The molecule has 3 N–H and O–H groups in total. The lowest BCUT2D eigenvalue weighted by molar-refractivity contribution is 0.360. The van der Waals surface area contributed by atoms with Gasteiger partial charge in [0.1, 0.15) is 0 Å². The number of nitrogens with zero attached hydrogens (tertiary/aromatic N) is 1. The Morgan fingerprint density at radius 3 is 3.00 bits per heavy atom. The standard InChI is InChI=1S/C16H21N3S/c17-20(16-9-11-4-3-5-12(16)8-11)19-15-10-18-14-7-2-1-6-13(14)15/h1-2,6-7,10-12,16,18H,3-5,8-9H2,(H2,17,19). The van der Waals surface area contributed by atoms with Crippen LogP contribution in [0.2, 0.25) is 0 Å². The van der Waals surface area contributed by atoms with Gasteiger partial charge in [0, 0.05) is 22.3 Å². The van der Waals surface area contributed by atoms with Crippen LogP contribution in [0.25, 0.3) is 10.9 Å². The van der Waals surface area contributed by atoms with Crippen LogP contribution in [0.5, 0.6) is 0 Å². The second-order valence-corrected chi connectivity index (χ2v) is 7.71. The molecule has 0 aliphatic heterocycles. The zero-order chi connectivity index (χ0) is 13.5. The van der Waals surface area contributed by atoms with Crippen molar-refractivity contribution in [2.45, 2.75) is 37.4 Å². The molecule has 0 spiro atoms. The van der Waals surface area contributed by atoms with Crippen molar-refractivity contribution in [1.82, 2.24) is 4.98 Å². The van der Waals surface area contributed by atoms with Crippen molar-refractivity contribution in [2.24, 2.45) is 21.3 Å². The summed E-state index contributed by atoms with van der Waals surface area (Å²) in [5, 5.41) is 8.28. The number of nitrogens with two attached hydrogens (primary N) is 1. The summed E-state index contributed by atoms with van der Waals surface area (Å²) in [4.78, 5) is 3.29. The predicted octanol–water partition coefficient (Wildman–Crippen LogP) is 4.05. The van der Waals surface area contributed by atoms with E-state index in [1.165, 1.54) is 37.5 Å². The number of fused-ring (bicyclic) bond motifs is 3. The first-order valence-electron chi connectivity index (χ1n) is 7.57. The topological polar surface area (TPSA) is 54.2 Å². The number of hydrogen-bond acceptors (Lipinski definition) is 1. The van der Waals surface area contributed by atoms with Gasteiger partial charge in [0.15, 0.2) is 0 Å². The summed E-state index contributed by atoms with van der Waals surface area (Å²) in [6.07, 6.45) is 8.88. The van der Waals surface area contributed by atoms with E-state index in [1.807, 2.05) is 12.3 Å². The van der Waals surface area contributed by atoms with E-state index >= 15 is 0 Å². The van der Waals surface area contributed by atoms with Gasteiger partial charge in [-0.05, 0) is 48.0 Å². The molecule has 0 radical (unpaired) electrons. The summed E-state index contributed by atoms with van der Waals surface area (Å²) in [7, 11) is -0.336. The van der Waals surface area contributed by atoms with E-state index in [9.17, 15) is 0 Å². The average Bonchev–Trinajstić information content (AvgIpc) is 3.01. The van der Waals surface area contributed by atoms with E-state index in [-0.39, 0.29) is 10.9 Å². The van der Waals surface area contributed by atoms with Crippen LogP contribution in [-0.2, 0) is 10.9 Å². The summed E-state index contributed by atoms with van der Waals surface area (Å²) in [5.41, 5.74) is 2.18. The molecule has 0 amide bonds. The molecule has 0 saturated heterocycles. The van der Waals surface area contributed by atoms with Crippen molar-refractivity contribution in [2.75, 3.05) is 0 Å². The Morgan fingerprint density at radius 2 is 2.10 bits per heavy atom. The fourth-order valence-corrected chi connectivity index (χ4v) is 5.64. The van der Waals surface area contributed by atoms with E-state index in [2.05, 4.69) is 23.2 Å². The van der Waals surface area contributed by atoms with Gasteiger partial charge in [-0.25, -0.2) is 4.36 Å². The number of nitrogens with one attached hydrogen (secondary N) is 1. The lowest BCUT2D eigenvalue weighted by atomic mass is 9.89. The Bertz CT molecular complexity index is 661. The molecule has 4 atom stereocenters. The maximum Gasteiger partial charge on any atom is 0.0970 e. The molecule has 2 saturated carbocycles. The summed E-state index contributed by atoms with van der Waals surface area (Å²) >= 11 is 0. The van der Waals surface area contributed by atoms with Crippen LogP contribution in [0, 0.1) is 11.8 Å². The first kappa shape index (κ1) is 12.6. The molecule has 2 aromatic rings. The number of para-hydroxylation sites is 1. The highest BCUT2D eigenvalue weighted by molar-refractivity contribution is 7.85. The highest BCUT2D eigenvalue weighted by Crippen LogP contribution is 2.44. The highest BCUT2D eigenvalue weighted by Gasteiger charge is 2.38. The molecule has 1 aromatic carbocycles. The van der Waals surface area contributed by atoms with Gasteiger partial charge < -0.3 is 4.98 Å². The van der Waals surface area contributed by atoms with E-state index in [1.54, 1.807) is 0 Å². The SMILES string of the molecule is NS(=Nc1c[nH]c2ccccc12)C1CC2CCCC1C2. The first-order valence-corrected chi connectivity index (χ1v) is 8.87. The molecular formula is C16H21N3S. The molecule has 3 nitrogen and oxygen atoms in total. The molecule has 2 bridgehead atoms. The Balaban J connectivity index is 1.66. The van der Waals surface area contributed by atoms with Crippen molar-refractivity contribution in [3.63, 3.8) is 0 Å². The lowest BCUT2D eigenvalue weighted by Gasteiger charge is -2.21. The third kappa shape index (κ3) is 2.11. The van der Waals surface area contributed by atoms with Crippen LogP contribution in [0.1, 0.15) is 32.1 Å². The number of rotatable bonds is 2. The van der Waals surface area contributed by atoms with E-state index < -0.39 is 0 Å².